The van der Waals surface area contributed by atoms with Crippen molar-refractivity contribution in [1.82, 2.24) is 9.97 Å². The van der Waals surface area contributed by atoms with Gasteiger partial charge in [0.1, 0.15) is 17.8 Å². The predicted molar refractivity (Wildman–Crippen MR) is 59.6 cm³/mol. The van der Waals surface area contributed by atoms with Crippen molar-refractivity contribution in [1.29, 1.82) is 0 Å². The van der Waals surface area contributed by atoms with Gasteiger partial charge in [0.05, 0.1) is 0 Å². The Kier molecular flexibility index (Phi) is 3.00. The molecule has 0 unspecified atom stereocenters. The molecule has 0 atom stereocenters. The number of phenols is 1. The van der Waals surface area contributed by atoms with Crippen molar-refractivity contribution >= 4 is 0 Å². The fourth-order valence-corrected chi connectivity index (χ4v) is 1.26. The van der Waals surface area contributed by atoms with Gasteiger partial charge in [0.15, 0.2) is 0 Å². The van der Waals surface area contributed by atoms with Gasteiger partial charge in [-0.05, 0) is 30.7 Å². The number of hydrogen-bond donors (Lipinski definition) is 1. The van der Waals surface area contributed by atoms with Gasteiger partial charge in [-0.2, -0.15) is 0 Å². The molecule has 0 bridgehead atoms. The highest BCUT2D eigenvalue weighted by atomic mass is 16.5. The van der Waals surface area contributed by atoms with E-state index in [0.717, 1.165) is 12.1 Å². The van der Waals surface area contributed by atoms with Gasteiger partial charge in [-0.3, -0.25) is 0 Å². The van der Waals surface area contributed by atoms with Crippen LogP contribution >= 0.6 is 0 Å². The zero-order valence-electron chi connectivity index (χ0n) is 8.92. The maximum atomic E-state index is 9.12. The molecule has 2 rings (SSSR count). The molecule has 0 aliphatic rings. The first-order valence-electron chi connectivity index (χ1n) is 5.05. The molecule has 4 nitrogen and oxygen atoms in total. The Bertz CT molecular complexity index is 469. The highest BCUT2D eigenvalue weighted by Gasteiger charge is 2.00. The zero-order chi connectivity index (χ0) is 11.4. The Morgan fingerprint density at radius 3 is 2.62 bits per heavy atom. The average Bonchev–Trinajstić information content (AvgIpc) is 2.32. The fraction of sp³-hybridized carbons (Fsp3) is 0.167. The van der Waals surface area contributed by atoms with Crippen LogP contribution in [0.1, 0.15) is 12.6 Å². The van der Waals surface area contributed by atoms with Crippen molar-refractivity contribution in [3.05, 3.63) is 42.4 Å². The van der Waals surface area contributed by atoms with E-state index in [-0.39, 0.29) is 5.75 Å². The molecule has 82 valence electrons. The van der Waals surface area contributed by atoms with Crippen LogP contribution in [0.4, 0.5) is 0 Å². The molecule has 0 amide bonds. The van der Waals surface area contributed by atoms with E-state index < -0.39 is 0 Å². The lowest BCUT2D eigenvalue weighted by Crippen LogP contribution is -1.92. The van der Waals surface area contributed by atoms with Gasteiger partial charge in [-0.1, -0.05) is 6.92 Å². The summed E-state index contributed by atoms with van der Waals surface area (Å²) in [4.78, 5) is 8.09. The number of rotatable bonds is 3. The molecule has 0 saturated heterocycles. The van der Waals surface area contributed by atoms with Crippen LogP contribution < -0.4 is 4.74 Å². The van der Waals surface area contributed by atoms with E-state index in [1.165, 1.54) is 6.33 Å². The first-order chi connectivity index (χ1) is 7.78. The standard InChI is InChI=1S/C12H12N2O2/c1-2-9-7-12(14-8-13-9)16-11-5-3-10(15)4-6-11/h3-8,15H,2H2,1H3. The summed E-state index contributed by atoms with van der Waals surface area (Å²) in [6, 6.07) is 8.30. The molecule has 16 heavy (non-hydrogen) atoms. The first kappa shape index (κ1) is 10.4. The quantitative estimate of drug-likeness (QED) is 0.856. The van der Waals surface area contributed by atoms with Crippen molar-refractivity contribution in [3.63, 3.8) is 0 Å². The summed E-state index contributed by atoms with van der Waals surface area (Å²) in [5.74, 6) is 1.36. The van der Waals surface area contributed by atoms with Gasteiger partial charge in [0, 0.05) is 11.8 Å². The second kappa shape index (κ2) is 4.61. The molecule has 0 aliphatic carbocycles. The topological polar surface area (TPSA) is 55.2 Å². The van der Waals surface area contributed by atoms with Crippen LogP contribution in [0.15, 0.2) is 36.7 Å². The summed E-state index contributed by atoms with van der Waals surface area (Å²) in [6.45, 7) is 2.02. The molecule has 2 aromatic rings. The number of phenolic OH excluding ortho intramolecular Hbond substituents is 1. The summed E-state index contributed by atoms with van der Waals surface area (Å²) in [5.41, 5.74) is 0.934. The van der Waals surface area contributed by atoms with Crippen LogP contribution in [0, 0.1) is 0 Å². The molecule has 4 heteroatoms. The fourth-order valence-electron chi connectivity index (χ4n) is 1.26. The van der Waals surface area contributed by atoms with E-state index in [1.807, 2.05) is 6.92 Å². The number of aromatic nitrogens is 2. The van der Waals surface area contributed by atoms with Crippen LogP contribution in [0.2, 0.25) is 0 Å². The van der Waals surface area contributed by atoms with Crippen molar-refractivity contribution in [2.24, 2.45) is 0 Å². The maximum Gasteiger partial charge on any atom is 0.222 e. The van der Waals surface area contributed by atoms with Crippen molar-refractivity contribution in [2.75, 3.05) is 0 Å². The molecule has 1 heterocycles. The number of benzene rings is 1. The van der Waals surface area contributed by atoms with Gasteiger partial charge in [-0.25, -0.2) is 9.97 Å². The Morgan fingerprint density at radius 2 is 1.94 bits per heavy atom. The lowest BCUT2D eigenvalue weighted by Gasteiger charge is -2.05. The van der Waals surface area contributed by atoms with E-state index >= 15 is 0 Å². The van der Waals surface area contributed by atoms with E-state index in [9.17, 15) is 0 Å². The molecular formula is C12H12N2O2. The predicted octanol–water partition coefficient (Wildman–Crippen LogP) is 2.54. The van der Waals surface area contributed by atoms with Crippen LogP contribution in [0.5, 0.6) is 17.4 Å². The summed E-state index contributed by atoms with van der Waals surface area (Å²) in [5, 5.41) is 9.12. The first-order valence-corrected chi connectivity index (χ1v) is 5.05. The van der Waals surface area contributed by atoms with Gasteiger partial charge >= 0.3 is 0 Å². The highest BCUT2D eigenvalue weighted by Crippen LogP contribution is 2.21. The SMILES string of the molecule is CCc1cc(Oc2ccc(O)cc2)ncn1. The summed E-state index contributed by atoms with van der Waals surface area (Å²) < 4.78 is 5.51. The van der Waals surface area contributed by atoms with Crippen LogP contribution in [0.25, 0.3) is 0 Å². The summed E-state index contributed by atoms with van der Waals surface area (Å²) >= 11 is 0. The minimum atomic E-state index is 0.212. The molecule has 0 radical (unpaired) electrons. The number of ether oxygens (including phenoxy) is 1. The summed E-state index contributed by atoms with van der Waals surface area (Å²) in [6.07, 6.45) is 2.32. The van der Waals surface area contributed by atoms with Gasteiger partial charge < -0.3 is 9.84 Å². The number of aromatic hydroxyl groups is 1. The monoisotopic (exact) mass is 216 g/mol. The van der Waals surface area contributed by atoms with E-state index in [1.54, 1.807) is 30.3 Å². The molecule has 0 spiro atoms. The molecule has 0 aliphatic heterocycles. The van der Waals surface area contributed by atoms with Crippen molar-refractivity contribution in [2.45, 2.75) is 13.3 Å². The smallest absolute Gasteiger partial charge is 0.222 e. The highest BCUT2D eigenvalue weighted by molar-refractivity contribution is 5.32. The molecule has 1 aromatic carbocycles. The molecule has 1 N–H and O–H groups in total. The third-order valence-corrected chi connectivity index (χ3v) is 2.12. The minimum absolute atomic E-state index is 0.212. The van der Waals surface area contributed by atoms with Crippen LogP contribution in [-0.4, -0.2) is 15.1 Å². The van der Waals surface area contributed by atoms with Crippen LogP contribution in [-0.2, 0) is 6.42 Å². The minimum Gasteiger partial charge on any atom is -0.508 e. The number of aryl methyl sites for hydroxylation is 1. The Balaban J connectivity index is 2.16. The van der Waals surface area contributed by atoms with Gasteiger partial charge in [-0.15, -0.1) is 0 Å². The molecule has 1 aromatic heterocycles. The molecular weight excluding hydrogens is 204 g/mol. The third kappa shape index (κ3) is 2.48. The van der Waals surface area contributed by atoms with E-state index in [2.05, 4.69) is 9.97 Å². The largest absolute Gasteiger partial charge is 0.508 e. The maximum absolute atomic E-state index is 9.12. The lowest BCUT2D eigenvalue weighted by molar-refractivity contribution is 0.452. The van der Waals surface area contributed by atoms with Gasteiger partial charge in [0.2, 0.25) is 5.88 Å². The second-order valence-electron chi connectivity index (χ2n) is 3.30. The second-order valence-corrected chi connectivity index (χ2v) is 3.30. The van der Waals surface area contributed by atoms with Crippen molar-refractivity contribution < 1.29 is 9.84 Å². The number of nitrogens with zero attached hydrogens (tertiary/aromatic N) is 2. The van der Waals surface area contributed by atoms with Gasteiger partial charge in [0.25, 0.3) is 0 Å². The van der Waals surface area contributed by atoms with Crippen LogP contribution in [0.3, 0.4) is 0 Å². The zero-order valence-corrected chi connectivity index (χ0v) is 8.92. The van der Waals surface area contributed by atoms with E-state index in [0.29, 0.717) is 11.6 Å². The Hall–Kier alpha value is -2.10. The third-order valence-electron chi connectivity index (χ3n) is 2.12. The van der Waals surface area contributed by atoms with E-state index in [4.69, 9.17) is 9.84 Å². The Morgan fingerprint density at radius 1 is 1.19 bits per heavy atom. The van der Waals surface area contributed by atoms with Crippen molar-refractivity contribution in [3.8, 4) is 17.4 Å². The molecule has 0 fully saturated rings. The average molecular weight is 216 g/mol. The lowest BCUT2D eigenvalue weighted by atomic mass is 10.3. The Labute approximate surface area is 93.6 Å². The normalized spacial score (nSPS) is 10.1. The molecule has 0 saturated carbocycles. The summed E-state index contributed by atoms with van der Waals surface area (Å²) in [7, 11) is 0. The number of hydrogen-bond acceptors (Lipinski definition) is 4.